The van der Waals surface area contributed by atoms with Crippen LogP contribution in [0.4, 0.5) is 5.82 Å². The van der Waals surface area contributed by atoms with Gasteiger partial charge in [-0.05, 0) is 43.0 Å². The highest BCUT2D eigenvalue weighted by Crippen LogP contribution is 2.36. The van der Waals surface area contributed by atoms with Gasteiger partial charge in [0.2, 0.25) is 0 Å². The summed E-state index contributed by atoms with van der Waals surface area (Å²) < 4.78 is 7.86. The maximum absolute atomic E-state index is 6.42. The van der Waals surface area contributed by atoms with E-state index in [1.165, 1.54) is 0 Å². The third-order valence-electron chi connectivity index (χ3n) is 5.62. The second kappa shape index (κ2) is 8.09. The van der Waals surface area contributed by atoms with Crippen molar-refractivity contribution in [2.45, 2.75) is 25.9 Å². The number of halogens is 1. The Bertz CT molecular complexity index is 1180. The van der Waals surface area contributed by atoms with Gasteiger partial charge in [0.15, 0.2) is 5.65 Å². The van der Waals surface area contributed by atoms with Crippen LogP contribution in [-0.4, -0.2) is 33.8 Å². The number of benzene rings is 2. The van der Waals surface area contributed by atoms with Crippen LogP contribution in [0.3, 0.4) is 0 Å². The van der Waals surface area contributed by atoms with E-state index in [1.54, 1.807) is 6.33 Å². The first kappa shape index (κ1) is 19.1. The molecule has 0 radical (unpaired) electrons. The van der Waals surface area contributed by atoms with Crippen molar-refractivity contribution in [3.8, 4) is 16.8 Å². The molecule has 1 N–H and O–H groups in total. The van der Waals surface area contributed by atoms with Crippen molar-refractivity contribution in [1.29, 1.82) is 0 Å². The summed E-state index contributed by atoms with van der Waals surface area (Å²) in [5.74, 6) is 0.825. The number of nitrogens with zero attached hydrogens (tertiary/aromatic N) is 3. The van der Waals surface area contributed by atoms with Crippen molar-refractivity contribution >= 4 is 28.5 Å². The van der Waals surface area contributed by atoms with Gasteiger partial charge in [-0.3, -0.25) is 0 Å². The van der Waals surface area contributed by atoms with Gasteiger partial charge in [-0.1, -0.05) is 48.0 Å². The fraction of sp³-hybridized carbons (Fsp3) is 0.250. The monoisotopic (exact) mass is 418 g/mol. The average Bonchev–Trinajstić information content (AvgIpc) is 3.43. The minimum atomic E-state index is 0.230. The maximum atomic E-state index is 6.42. The van der Waals surface area contributed by atoms with Gasteiger partial charge >= 0.3 is 0 Å². The molecule has 2 aromatic heterocycles. The van der Waals surface area contributed by atoms with Crippen molar-refractivity contribution < 1.29 is 4.74 Å². The Morgan fingerprint density at radius 2 is 2.03 bits per heavy atom. The number of anilines is 1. The van der Waals surface area contributed by atoms with Crippen molar-refractivity contribution in [3.05, 3.63) is 71.6 Å². The molecule has 6 heteroatoms. The molecule has 0 spiro atoms. The molecule has 152 valence electrons. The lowest BCUT2D eigenvalue weighted by molar-refractivity contribution is 0.120. The Hall–Kier alpha value is -2.89. The molecule has 0 saturated carbocycles. The second-order valence-electron chi connectivity index (χ2n) is 7.65. The Kier molecular flexibility index (Phi) is 5.15. The number of rotatable bonds is 5. The summed E-state index contributed by atoms with van der Waals surface area (Å²) in [5, 5.41) is 5.25. The van der Waals surface area contributed by atoms with E-state index >= 15 is 0 Å². The molecule has 0 amide bonds. The summed E-state index contributed by atoms with van der Waals surface area (Å²) in [5.41, 5.74) is 5.07. The number of ether oxygens (including phenoxy) is 1. The van der Waals surface area contributed by atoms with Gasteiger partial charge in [-0.15, -0.1) is 0 Å². The first-order valence-electron chi connectivity index (χ1n) is 10.2. The number of hydrogen-bond acceptors (Lipinski definition) is 4. The first-order chi connectivity index (χ1) is 14.7. The van der Waals surface area contributed by atoms with E-state index in [9.17, 15) is 0 Å². The SMILES string of the molecule is Cc1ccc(-n2cc(-c3ccccc3)c3c(NC[C@@H]4CCCO4)ncnc32)cc1Cl. The average molecular weight is 419 g/mol. The molecule has 1 atom stereocenters. The predicted molar refractivity (Wildman–Crippen MR) is 122 cm³/mol. The quantitative estimate of drug-likeness (QED) is 0.455. The number of fused-ring (bicyclic) bond motifs is 1. The first-order valence-corrected chi connectivity index (χ1v) is 10.6. The number of aromatic nitrogens is 3. The third kappa shape index (κ3) is 3.55. The van der Waals surface area contributed by atoms with Crippen molar-refractivity contribution in [3.63, 3.8) is 0 Å². The van der Waals surface area contributed by atoms with Crippen molar-refractivity contribution in [1.82, 2.24) is 14.5 Å². The molecule has 5 nitrogen and oxygen atoms in total. The van der Waals surface area contributed by atoms with Gasteiger partial charge < -0.3 is 14.6 Å². The van der Waals surface area contributed by atoms with Gasteiger partial charge in [-0.2, -0.15) is 0 Å². The van der Waals surface area contributed by atoms with E-state index < -0.39 is 0 Å². The van der Waals surface area contributed by atoms with Crippen molar-refractivity contribution in [2.75, 3.05) is 18.5 Å². The lowest BCUT2D eigenvalue weighted by atomic mass is 10.1. The van der Waals surface area contributed by atoms with Crippen molar-refractivity contribution in [2.24, 2.45) is 0 Å². The summed E-state index contributed by atoms with van der Waals surface area (Å²) in [4.78, 5) is 9.21. The molecule has 3 heterocycles. The highest BCUT2D eigenvalue weighted by Gasteiger charge is 2.20. The van der Waals surface area contributed by atoms with Crippen LogP contribution >= 0.6 is 11.6 Å². The van der Waals surface area contributed by atoms with Crippen LogP contribution in [0.1, 0.15) is 18.4 Å². The lowest BCUT2D eigenvalue weighted by Crippen LogP contribution is -2.19. The van der Waals surface area contributed by atoms with Gasteiger partial charge in [0.05, 0.1) is 11.5 Å². The van der Waals surface area contributed by atoms with Crippen LogP contribution in [0.15, 0.2) is 61.1 Å². The van der Waals surface area contributed by atoms with Crippen LogP contribution in [0.5, 0.6) is 0 Å². The maximum Gasteiger partial charge on any atom is 0.150 e. The zero-order chi connectivity index (χ0) is 20.5. The molecule has 4 aromatic rings. The van der Waals surface area contributed by atoms with E-state index in [2.05, 4.69) is 44.2 Å². The summed E-state index contributed by atoms with van der Waals surface area (Å²) in [6.45, 7) is 3.58. The summed E-state index contributed by atoms with van der Waals surface area (Å²) in [6, 6.07) is 16.4. The molecule has 0 aliphatic carbocycles. The molecule has 1 aliphatic rings. The molecule has 2 aromatic carbocycles. The lowest BCUT2D eigenvalue weighted by Gasteiger charge is -2.13. The minimum Gasteiger partial charge on any atom is -0.376 e. The molecule has 1 fully saturated rings. The molecule has 0 unspecified atom stereocenters. The molecule has 5 rings (SSSR count). The number of hydrogen-bond donors (Lipinski definition) is 1. The smallest absolute Gasteiger partial charge is 0.150 e. The minimum absolute atomic E-state index is 0.230. The molecular formula is C24H23ClN4O. The zero-order valence-corrected chi connectivity index (χ0v) is 17.6. The van der Waals surface area contributed by atoms with Crippen LogP contribution in [0.2, 0.25) is 5.02 Å². The largest absolute Gasteiger partial charge is 0.376 e. The van der Waals surface area contributed by atoms with Gasteiger partial charge in [0.25, 0.3) is 0 Å². The Balaban J connectivity index is 1.66. The standard InChI is InChI=1S/C24H23ClN4O/c1-16-9-10-18(12-21(16)25)29-14-20(17-6-3-2-4-7-17)22-23(27-15-28-24(22)29)26-13-19-8-5-11-30-19/h2-4,6-7,9-10,12,14-15,19H,5,8,11,13H2,1H3,(H,26,27,28)/t19-/m0/s1. The van der Waals surface area contributed by atoms with Crippen LogP contribution in [0.25, 0.3) is 27.8 Å². The fourth-order valence-electron chi connectivity index (χ4n) is 3.98. The summed E-state index contributed by atoms with van der Waals surface area (Å²) in [7, 11) is 0. The number of nitrogens with one attached hydrogen (secondary N) is 1. The third-order valence-corrected chi connectivity index (χ3v) is 6.03. The highest BCUT2D eigenvalue weighted by molar-refractivity contribution is 6.31. The molecule has 30 heavy (non-hydrogen) atoms. The van der Waals surface area contributed by atoms with Crippen LogP contribution in [0, 0.1) is 6.92 Å². The normalized spacial score (nSPS) is 16.3. The number of aryl methyl sites for hydroxylation is 1. The Labute approximate surface area is 180 Å². The van der Waals surface area contributed by atoms with Gasteiger partial charge in [0, 0.05) is 35.6 Å². The van der Waals surface area contributed by atoms with Crippen LogP contribution in [-0.2, 0) is 4.74 Å². The van der Waals surface area contributed by atoms with E-state index in [0.717, 1.165) is 70.2 Å². The van der Waals surface area contributed by atoms with Gasteiger partial charge in [0.1, 0.15) is 12.1 Å². The van der Waals surface area contributed by atoms with Crippen LogP contribution < -0.4 is 5.32 Å². The Morgan fingerprint density at radius 1 is 1.17 bits per heavy atom. The molecule has 1 saturated heterocycles. The molecule has 0 bridgehead atoms. The van der Waals surface area contributed by atoms with E-state index in [4.69, 9.17) is 16.3 Å². The predicted octanol–water partition coefficient (Wildman–Crippen LogP) is 5.64. The Morgan fingerprint density at radius 3 is 2.80 bits per heavy atom. The molecule has 1 aliphatic heterocycles. The zero-order valence-electron chi connectivity index (χ0n) is 16.8. The second-order valence-corrected chi connectivity index (χ2v) is 8.06. The van der Waals surface area contributed by atoms with Gasteiger partial charge in [-0.25, -0.2) is 9.97 Å². The topological polar surface area (TPSA) is 52.0 Å². The van der Waals surface area contributed by atoms with E-state index in [-0.39, 0.29) is 6.10 Å². The van der Waals surface area contributed by atoms with E-state index in [0.29, 0.717) is 0 Å². The summed E-state index contributed by atoms with van der Waals surface area (Å²) in [6.07, 6.45) is 6.16. The highest BCUT2D eigenvalue weighted by atomic mass is 35.5. The molecular weight excluding hydrogens is 396 g/mol. The van der Waals surface area contributed by atoms with E-state index in [1.807, 2.05) is 37.3 Å². The summed E-state index contributed by atoms with van der Waals surface area (Å²) >= 11 is 6.42. The fourth-order valence-corrected chi connectivity index (χ4v) is 4.15.